The highest BCUT2D eigenvalue weighted by atomic mass is 16.6. The molecule has 3 N–H and O–H groups in total. The van der Waals surface area contributed by atoms with E-state index in [-0.39, 0.29) is 28.0 Å². The second-order valence-electron chi connectivity index (χ2n) is 11.3. The molecule has 4 aromatic rings. The molecule has 11 nitrogen and oxygen atoms in total. The number of benzene rings is 2. The number of anilines is 3. The van der Waals surface area contributed by atoms with Gasteiger partial charge in [0.1, 0.15) is 5.69 Å². The summed E-state index contributed by atoms with van der Waals surface area (Å²) in [6.45, 7) is 6.45. The van der Waals surface area contributed by atoms with Gasteiger partial charge in [-0.2, -0.15) is 0 Å². The average Bonchev–Trinajstić information content (AvgIpc) is 3.35. The van der Waals surface area contributed by atoms with Crippen LogP contribution in [0, 0.1) is 10.1 Å². The maximum absolute atomic E-state index is 12.5. The van der Waals surface area contributed by atoms with Crippen LogP contribution in [0.15, 0.2) is 42.7 Å². The molecule has 2 aromatic heterocycles. The Balaban J connectivity index is 1.61. The summed E-state index contributed by atoms with van der Waals surface area (Å²) in [5.41, 5.74) is 11.7. The lowest BCUT2D eigenvalue weighted by atomic mass is 9.95. The first-order valence-electron chi connectivity index (χ1n) is 14.3. The molecule has 11 heteroatoms. The minimum absolute atomic E-state index is 0.00576. The lowest BCUT2D eigenvalue weighted by Gasteiger charge is -2.24. The van der Waals surface area contributed by atoms with E-state index in [4.69, 9.17) is 10.7 Å². The molecule has 1 aliphatic rings. The molecule has 0 spiro atoms. The normalized spacial score (nSPS) is 13.4. The van der Waals surface area contributed by atoms with Gasteiger partial charge in [0.15, 0.2) is 0 Å². The zero-order chi connectivity index (χ0) is 30.1. The monoisotopic (exact) mass is 570 g/mol. The number of nitrogens with one attached hydrogen (secondary N) is 1. The predicted molar refractivity (Wildman–Crippen MR) is 167 cm³/mol. The Labute approximate surface area is 245 Å². The quantitative estimate of drug-likeness (QED) is 0.183. The van der Waals surface area contributed by atoms with Gasteiger partial charge >= 0.3 is 0 Å². The summed E-state index contributed by atoms with van der Waals surface area (Å²) in [4.78, 5) is 37.5. The fourth-order valence-electron chi connectivity index (χ4n) is 5.64. The topological polar surface area (TPSA) is 135 Å². The molecule has 42 heavy (non-hydrogen) atoms. The van der Waals surface area contributed by atoms with Crippen LogP contribution in [0.1, 0.15) is 54.1 Å². The Hall–Kier alpha value is -4.51. The van der Waals surface area contributed by atoms with Crippen molar-refractivity contribution >= 4 is 39.8 Å². The van der Waals surface area contributed by atoms with Crippen LogP contribution in [-0.4, -0.2) is 64.5 Å². The van der Waals surface area contributed by atoms with Crippen LogP contribution in [0.5, 0.6) is 0 Å². The molecule has 0 saturated heterocycles. The Morgan fingerprint density at radius 3 is 2.71 bits per heavy atom. The van der Waals surface area contributed by atoms with E-state index in [2.05, 4.69) is 34.8 Å². The highest BCUT2D eigenvalue weighted by Crippen LogP contribution is 2.40. The third-order valence-corrected chi connectivity index (χ3v) is 8.16. The van der Waals surface area contributed by atoms with E-state index in [0.29, 0.717) is 23.6 Å². The highest BCUT2D eigenvalue weighted by Gasteiger charge is 2.25. The van der Waals surface area contributed by atoms with E-state index < -0.39 is 5.91 Å². The zero-order valence-corrected chi connectivity index (χ0v) is 24.8. The van der Waals surface area contributed by atoms with E-state index >= 15 is 0 Å². The van der Waals surface area contributed by atoms with Gasteiger partial charge in [-0.3, -0.25) is 14.9 Å². The zero-order valence-electron chi connectivity index (χ0n) is 24.8. The summed E-state index contributed by atoms with van der Waals surface area (Å²) in [6, 6.07) is 9.65. The van der Waals surface area contributed by atoms with E-state index in [9.17, 15) is 14.9 Å². The SMILES string of the molecule is CCC(C)c1cc(N(C)CCN(C)C)c([N+](=O)[O-])cc1Nc1ncc(C(N)=O)c(-c2cn3c4c(cccc24)CCC3)n1. The molecule has 0 saturated carbocycles. The number of likely N-dealkylation sites (N-methyl/N-ethyl adjacent to an activating group) is 2. The molecule has 2 aromatic carbocycles. The fourth-order valence-corrected chi connectivity index (χ4v) is 5.64. The number of primary amides is 1. The molecule has 220 valence electrons. The van der Waals surface area contributed by atoms with Crippen molar-refractivity contribution in [1.29, 1.82) is 0 Å². The van der Waals surface area contributed by atoms with Crippen LogP contribution in [0.3, 0.4) is 0 Å². The summed E-state index contributed by atoms with van der Waals surface area (Å²) in [7, 11) is 5.82. The number of aromatic nitrogens is 3. The van der Waals surface area contributed by atoms with Crippen LogP contribution in [0.4, 0.5) is 23.0 Å². The molecule has 0 bridgehead atoms. The van der Waals surface area contributed by atoms with Crippen molar-refractivity contribution in [2.75, 3.05) is 44.4 Å². The number of aryl methyl sites for hydroxylation is 2. The number of amides is 1. The number of nitrogens with zero attached hydrogens (tertiary/aromatic N) is 6. The first-order chi connectivity index (χ1) is 20.1. The van der Waals surface area contributed by atoms with Crippen molar-refractivity contribution in [2.24, 2.45) is 5.73 Å². The molecule has 0 radical (unpaired) electrons. The van der Waals surface area contributed by atoms with E-state index in [1.54, 1.807) is 6.07 Å². The van der Waals surface area contributed by atoms with E-state index in [0.717, 1.165) is 54.4 Å². The summed E-state index contributed by atoms with van der Waals surface area (Å²) in [5.74, 6) is -0.282. The van der Waals surface area contributed by atoms with Crippen molar-refractivity contribution in [3.05, 3.63) is 69.5 Å². The first-order valence-corrected chi connectivity index (χ1v) is 14.3. The molecular formula is C31H38N8O3. The van der Waals surface area contributed by atoms with Gasteiger partial charge in [0.25, 0.3) is 11.6 Å². The van der Waals surface area contributed by atoms with Crippen molar-refractivity contribution in [2.45, 2.75) is 45.6 Å². The molecule has 5 rings (SSSR count). The Morgan fingerprint density at radius 1 is 1.24 bits per heavy atom. The number of nitro benzene ring substituents is 1. The maximum atomic E-state index is 12.5. The van der Waals surface area contributed by atoms with Crippen LogP contribution >= 0.6 is 0 Å². The molecule has 1 unspecified atom stereocenters. The number of para-hydroxylation sites is 1. The summed E-state index contributed by atoms with van der Waals surface area (Å²) in [6.07, 6.45) is 6.33. The summed E-state index contributed by atoms with van der Waals surface area (Å²) < 4.78 is 2.21. The van der Waals surface area contributed by atoms with Crippen molar-refractivity contribution in [3.63, 3.8) is 0 Å². The second kappa shape index (κ2) is 11.8. The minimum Gasteiger partial charge on any atom is -0.368 e. The van der Waals surface area contributed by atoms with Gasteiger partial charge in [-0.15, -0.1) is 0 Å². The molecule has 0 aliphatic carbocycles. The first kappa shape index (κ1) is 29.0. The maximum Gasteiger partial charge on any atom is 0.294 e. The lowest BCUT2D eigenvalue weighted by Crippen LogP contribution is -2.29. The largest absolute Gasteiger partial charge is 0.368 e. The van der Waals surface area contributed by atoms with Crippen molar-refractivity contribution in [1.82, 2.24) is 19.4 Å². The summed E-state index contributed by atoms with van der Waals surface area (Å²) in [5, 5.41) is 16.5. The third-order valence-electron chi connectivity index (χ3n) is 8.16. The average molecular weight is 571 g/mol. The number of carbonyl (C=O) groups is 1. The number of rotatable bonds is 11. The number of nitrogens with two attached hydrogens (primary N) is 1. The van der Waals surface area contributed by atoms with Gasteiger partial charge in [-0.25, -0.2) is 9.97 Å². The number of hydrogen-bond donors (Lipinski definition) is 2. The highest BCUT2D eigenvalue weighted by molar-refractivity contribution is 6.05. The Bertz CT molecular complexity index is 1660. The van der Waals surface area contributed by atoms with Crippen molar-refractivity contribution < 1.29 is 9.72 Å². The van der Waals surface area contributed by atoms with E-state index in [1.807, 2.05) is 55.3 Å². The van der Waals surface area contributed by atoms with Crippen LogP contribution < -0.4 is 16.0 Å². The Morgan fingerprint density at radius 2 is 2.02 bits per heavy atom. The van der Waals surface area contributed by atoms with Crippen LogP contribution in [-0.2, 0) is 13.0 Å². The van der Waals surface area contributed by atoms with E-state index in [1.165, 1.54) is 11.8 Å². The molecule has 1 atom stereocenters. The smallest absolute Gasteiger partial charge is 0.294 e. The lowest BCUT2D eigenvalue weighted by molar-refractivity contribution is -0.384. The molecule has 1 amide bonds. The molecule has 3 heterocycles. The van der Waals surface area contributed by atoms with Gasteiger partial charge < -0.3 is 25.4 Å². The molecular weight excluding hydrogens is 532 g/mol. The van der Waals surface area contributed by atoms with Gasteiger partial charge in [0.05, 0.1) is 27.4 Å². The number of carbonyl (C=O) groups excluding carboxylic acids is 1. The third kappa shape index (κ3) is 5.52. The number of hydrogen-bond acceptors (Lipinski definition) is 8. The van der Waals surface area contributed by atoms with Gasteiger partial charge in [-0.1, -0.05) is 32.0 Å². The van der Waals surface area contributed by atoms with Crippen molar-refractivity contribution in [3.8, 4) is 11.3 Å². The van der Waals surface area contributed by atoms with Crippen LogP contribution in [0.2, 0.25) is 0 Å². The minimum atomic E-state index is -0.621. The van der Waals surface area contributed by atoms with Crippen LogP contribution in [0.25, 0.3) is 22.2 Å². The second-order valence-corrected chi connectivity index (χ2v) is 11.3. The molecule has 1 aliphatic heterocycles. The number of nitro groups is 1. The predicted octanol–water partition coefficient (Wildman–Crippen LogP) is 5.31. The Kier molecular flexibility index (Phi) is 8.13. The standard InChI is InChI=1S/C31H38N8O3/c1-6-19(2)22-15-26(37(5)14-13-36(3)4)27(39(41)42)16-25(22)34-31-33-17-23(30(32)40)28(35-31)24-18-38-12-8-10-20-9-7-11-21(24)29(20)38/h7,9,11,15-19H,6,8,10,12-14H2,1-5H3,(H2,32,40)(H,33,34,35). The summed E-state index contributed by atoms with van der Waals surface area (Å²) >= 11 is 0. The van der Waals surface area contributed by atoms with Gasteiger partial charge in [-0.05, 0) is 56.5 Å². The van der Waals surface area contributed by atoms with Gasteiger partial charge in [0, 0.05) is 56.1 Å². The van der Waals surface area contributed by atoms with Gasteiger partial charge in [0.2, 0.25) is 5.95 Å². The fraction of sp³-hybridized carbons (Fsp3) is 0.387. The molecule has 0 fully saturated rings.